The molecule has 7 heteroatoms. The van der Waals surface area contributed by atoms with E-state index >= 15 is 0 Å². The van der Waals surface area contributed by atoms with Crippen molar-refractivity contribution in [3.63, 3.8) is 0 Å². The second-order valence-electron chi connectivity index (χ2n) is 4.81. The largest absolute Gasteiger partial charge is 0.504 e. The molecule has 0 aromatic heterocycles. The smallest absolute Gasteiger partial charge is 0.250 e. The predicted octanol–water partition coefficient (Wildman–Crippen LogP) is 3.44. The van der Waals surface area contributed by atoms with Gasteiger partial charge in [-0.3, -0.25) is 4.79 Å². The van der Waals surface area contributed by atoms with Crippen LogP contribution in [0.15, 0.2) is 47.6 Å². The molecule has 2 aromatic rings. The molecule has 126 valence electrons. The molecule has 0 bridgehead atoms. The van der Waals surface area contributed by atoms with E-state index in [4.69, 9.17) is 16.3 Å². The number of benzene rings is 2. The average Bonchev–Trinajstić information content (AvgIpc) is 2.58. The minimum atomic E-state index is -0.215. The molecule has 0 aliphatic rings. The van der Waals surface area contributed by atoms with Crippen molar-refractivity contribution < 1.29 is 14.6 Å². The lowest BCUT2D eigenvalue weighted by Crippen LogP contribution is -2.19. The van der Waals surface area contributed by atoms with Gasteiger partial charge in [-0.2, -0.15) is 5.10 Å². The van der Waals surface area contributed by atoms with Crippen LogP contribution in [0.4, 0.5) is 0 Å². The third-order valence-corrected chi connectivity index (χ3v) is 4.31. The molecule has 0 saturated heterocycles. The number of rotatable bonds is 7. The Hall–Kier alpha value is -2.18. The first kappa shape index (κ1) is 18.2. The van der Waals surface area contributed by atoms with Gasteiger partial charge >= 0.3 is 0 Å². The monoisotopic (exact) mass is 364 g/mol. The van der Waals surface area contributed by atoms with E-state index in [0.717, 1.165) is 5.56 Å². The minimum Gasteiger partial charge on any atom is -0.504 e. The first-order chi connectivity index (χ1) is 11.6. The van der Waals surface area contributed by atoms with Gasteiger partial charge in [0.05, 0.1) is 19.1 Å². The Bertz CT molecular complexity index is 720. The van der Waals surface area contributed by atoms with Gasteiger partial charge in [0.25, 0.3) is 0 Å². The summed E-state index contributed by atoms with van der Waals surface area (Å²) >= 11 is 7.30. The van der Waals surface area contributed by atoms with Gasteiger partial charge in [0.1, 0.15) is 0 Å². The number of nitrogens with zero attached hydrogens (tertiary/aromatic N) is 1. The predicted molar refractivity (Wildman–Crippen MR) is 98.0 cm³/mol. The highest BCUT2D eigenvalue weighted by Gasteiger charge is 2.05. The Morgan fingerprint density at radius 1 is 1.33 bits per heavy atom. The first-order valence-electron chi connectivity index (χ1n) is 7.10. The van der Waals surface area contributed by atoms with Crippen LogP contribution < -0.4 is 10.2 Å². The summed E-state index contributed by atoms with van der Waals surface area (Å²) in [6.45, 7) is 0. The Labute approximate surface area is 149 Å². The van der Waals surface area contributed by atoms with Crippen LogP contribution in [-0.2, 0) is 10.5 Å². The molecule has 0 saturated carbocycles. The maximum Gasteiger partial charge on any atom is 0.250 e. The van der Waals surface area contributed by atoms with E-state index < -0.39 is 0 Å². The van der Waals surface area contributed by atoms with Crippen LogP contribution in [-0.4, -0.2) is 30.1 Å². The molecular formula is C17H17ClN2O3S. The highest BCUT2D eigenvalue weighted by atomic mass is 35.5. The number of phenolic OH excluding ortho intramolecular Hbond substituents is 1. The number of ether oxygens (including phenoxy) is 1. The molecule has 5 nitrogen and oxygen atoms in total. The Kier molecular flexibility index (Phi) is 6.96. The number of phenols is 1. The zero-order chi connectivity index (χ0) is 17.4. The number of carbonyl (C=O) groups excluding carboxylic acids is 1. The fraction of sp³-hybridized carbons (Fsp3) is 0.176. The number of methoxy groups -OCH3 is 1. The standard InChI is InChI=1S/C17H17ClN2O3S/c1-23-15-4-2-3-13(17(15)22)9-19-20-16(21)11-24-10-12-5-7-14(18)8-6-12/h2-9,22H,10-11H2,1H3,(H,20,21)/b19-9+. The van der Waals surface area contributed by atoms with E-state index in [0.29, 0.717) is 22.1 Å². The van der Waals surface area contributed by atoms with E-state index in [2.05, 4.69) is 10.5 Å². The van der Waals surface area contributed by atoms with Crippen LogP contribution in [0.3, 0.4) is 0 Å². The lowest BCUT2D eigenvalue weighted by atomic mass is 10.2. The summed E-state index contributed by atoms with van der Waals surface area (Å²) in [5.74, 6) is 1.11. The van der Waals surface area contributed by atoms with E-state index in [9.17, 15) is 9.90 Å². The molecule has 0 aliphatic carbocycles. The second kappa shape index (κ2) is 9.20. The molecule has 24 heavy (non-hydrogen) atoms. The van der Waals surface area contributed by atoms with Crippen molar-refractivity contribution in [1.29, 1.82) is 0 Å². The molecule has 1 amide bonds. The maximum atomic E-state index is 11.7. The summed E-state index contributed by atoms with van der Waals surface area (Å²) in [5, 5.41) is 14.4. The van der Waals surface area contributed by atoms with Crippen molar-refractivity contribution in [2.75, 3.05) is 12.9 Å². The summed E-state index contributed by atoms with van der Waals surface area (Å²) in [6.07, 6.45) is 1.37. The van der Waals surface area contributed by atoms with Crippen molar-refractivity contribution in [2.24, 2.45) is 5.10 Å². The van der Waals surface area contributed by atoms with Crippen molar-refractivity contribution >= 4 is 35.5 Å². The SMILES string of the molecule is COc1cccc(/C=N/NC(=O)CSCc2ccc(Cl)cc2)c1O. The molecular weight excluding hydrogens is 348 g/mol. The molecule has 0 unspecified atom stereocenters. The van der Waals surface area contributed by atoms with Crippen LogP contribution in [0.5, 0.6) is 11.5 Å². The molecule has 0 heterocycles. The Morgan fingerprint density at radius 2 is 2.08 bits per heavy atom. The van der Waals surface area contributed by atoms with E-state index in [1.165, 1.54) is 25.1 Å². The highest BCUT2D eigenvalue weighted by Crippen LogP contribution is 2.27. The van der Waals surface area contributed by atoms with Crippen LogP contribution in [0.25, 0.3) is 0 Å². The van der Waals surface area contributed by atoms with Crippen molar-refractivity contribution in [3.05, 3.63) is 58.6 Å². The minimum absolute atomic E-state index is 0.0184. The highest BCUT2D eigenvalue weighted by molar-refractivity contribution is 7.99. The third-order valence-electron chi connectivity index (χ3n) is 3.06. The fourth-order valence-electron chi connectivity index (χ4n) is 1.86. The summed E-state index contributed by atoms with van der Waals surface area (Å²) in [6, 6.07) is 12.5. The maximum absolute atomic E-state index is 11.7. The molecule has 2 N–H and O–H groups in total. The molecule has 0 radical (unpaired) electrons. The van der Waals surface area contributed by atoms with E-state index in [1.807, 2.05) is 24.3 Å². The molecule has 0 fully saturated rings. The molecule has 2 aromatic carbocycles. The number of thioether (sulfide) groups is 1. The molecule has 0 spiro atoms. The van der Waals surface area contributed by atoms with E-state index in [1.54, 1.807) is 18.2 Å². The lowest BCUT2D eigenvalue weighted by Gasteiger charge is -2.05. The van der Waals surface area contributed by atoms with Crippen molar-refractivity contribution in [3.8, 4) is 11.5 Å². The van der Waals surface area contributed by atoms with Gasteiger partial charge < -0.3 is 9.84 Å². The Morgan fingerprint density at radius 3 is 2.79 bits per heavy atom. The number of hydrogen-bond acceptors (Lipinski definition) is 5. The topological polar surface area (TPSA) is 70.9 Å². The number of carbonyl (C=O) groups is 1. The van der Waals surface area contributed by atoms with Gasteiger partial charge in [0, 0.05) is 16.3 Å². The van der Waals surface area contributed by atoms with Crippen LogP contribution >= 0.6 is 23.4 Å². The first-order valence-corrected chi connectivity index (χ1v) is 8.63. The number of nitrogens with one attached hydrogen (secondary N) is 1. The van der Waals surface area contributed by atoms with Crippen LogP contribution in [0.1, 0.15) is 11.1 Å². The summed E-state index contributed by atoms with van der Waals surface area (Å²) < 4.78 is 5.00. The zero-order valence-electron chi connectivity index (χ0n) is 13.0. The summed E-state index contributed by atoms with van der Waals surface area (Å²) in [7, 11) is 1.47. The number of hydrazone groups is 1. The van der Waals surface area contributed by atoms with Gasteiger partial charge in [-0.1, -0.05) is 29.8 Å². The quantitative estimate of drug-likeness (QED) is 0.583. The van der Waals surface area contributed by atoms with Gasteiger partial charge in [0.2, 0.25) is 5.91 Å². The van der Waals surface area contributed by atoms with Crippen LogP contribution in [0, 0.1) is 0 Å². The number of hydrogen-bond donors (Lipinski definition) is 2. The number of halogens is 1. The molecule has 0 atom stereocenters. The van der Waals surface area contributed by atoms with Crippen LogP contribution in [0.2, 0.25) is 5.02 Å². The summed E-state index contributed by atoms with van der Waals surface area (Å²) in [4.78, 5) is 11.7. The second-order valence-corrected chi connectivity index (χ2v) is 6.23. The number of amides is 1. The van der Waals surface area contributed by atoms with Gasteiger partial charge in [-0.15, -0.1) is 11.8 Å². The van der Waals surface area contributed by atoms with Crippen molar-refractivity contribution in [2.45, 2.75) is 5.75 Å². The van der Waals surface area contributed by atoms with Gasteiger partial charge in [-0.05, 0) is 29.8 Å². The number of para-hydroxylation sites is 1. The van der Waals surface area contributed by atoms with Gasteiger partial charge in [-0.25, -0.2) is 5.43 Å². The molecule has 0 aliphatic heterocycles. The average molecular weight is 365 g/mol. The zero-order valence-corrected chi connectivity index (χ0v) is 14.6. The van der Waals surface area contributed by atoms with Crippen molar-refractivity contribution in [1.82, 2.24) is 5.43 Å². The van der Waals surface area contributed by atoms with Gasteiger partial charge in [0.15, 0.2) is 11.5 Å². The number of aromatic hydroxyl groups is 1. The van der Waals surface area contributed by atoms with E-state index in [-0.39, 0.29) is 17.4 Å². The summed E-state index contributed by atoms with van der Waals surface area (Å²) in [5.41, 5.74) is 3.99. The fourth-order valence-corrected chi connectivity index (χ4v) is 2.76. The molecule has 2 rings (SSSR count). The third kappa shape index (κ3) is 5.47. The lowest BCUT2D eigenvalue weighted by molar-refractivity contribution is -0.118. The normalized spacial score (nSPS) is 10.8. The Balaban J connectivity index is 1.77.